The van der Waals surface area contributed by atoms with Crippen molar-refractivity contribution in [3.8, 4) is 5.75 Å². The van der Waals surface area contributed by atoms with Crippen LogP contribution in [0.3, 0.4) is 0 Å². The molecule has 0 fully saturated rings. The lowest BCUT2D eigenvalue weighted by molar-refractivity contribution is 0.0699. The van der Waals surface area contributed by atoms with Crippen LogP contribution in [0.2, 0.25) is 0 Å². The second kappa shape index (κ2) is 4.91. The van der Waals surface area contributed by atoms with Crippen LogP contribution in [0.15, 0.2) is 48.7 Å². The van der Waals surface area contributed by atoms with Crippen molar-refractivity contribution in [2.24, 2.45) is 0 Å². The van der Waals surface area contributed by atoms with Gasteiger partial charge in [-0.25, -0.2) is 9.78 Å². The Balaban J connectivity index is 2.19. The topological polar surface area (TPSA) is 72.3 Å². The van der Waals surface area contributed by atoms with Crippen molar-refractivity contribution in [3.05, 3.63) is 54.2 Å². The third kappa shape index (κ3) is 2.05. The van der Waals surface area contributed by atoms with E-state index in [1.165, 1.54) is 0 Å². The molecule has 23 heavy (non-hydrogen) atoms. The Hall–Kier alpha value is -3.21. The van der Waals surface area contributed by atoms with Gasteiger partial charge in [0.2, 0.25) is 0 Å². The van der Waals surface area contributed by atoms with E-state index < -0.39 is 5.97 Å². The molecule has 0 aliphatic heterocycles. The first-order chi connectivity index (χ1) is 11.2. The fraction of sp³-hybridized carbons (Fsp3) is 0.0556. The Bertz CT molecular complexity index is 1090. The van der Waals surface area contributed by atoms with Crippen molar-refractivity contribution in [1.82, 2.24) is 9.97 Å². The molecule has 0 radical (unpaired) electrons. The molecule has 4 rings (SSSR count). The van der Waals surface area contributed by atoms with E-state index >= 15 is 0 Å². The molecule has 0 spiro atoms. The number of carboxylic acids is 1. The van der Waals surface area contributed by atoms with Crippen LogP contribution in [0.4, 0.5) is 0 Å². The fourth-order valence-corrected chi connectivity index (χ4v) is 2.80. The summed E-state index contributed by atoms with van der Waals surface area (Å²) in [5.74, 6) is -0.279. The lowest BCUT2D eigenvalue weighted by Gasteiger charge is -2.08. The molecule has 4 aromatic rings. The summed E-state index contributed by atoms with van der Waals surface area (Å²) >= 11 is 0. The predicted octanol–water partition coefficient (Wildman–Crippen LogP) is 3.64. The number of pyridine rings is 2. The summed E-state index contributed by atoms with van der Waals surface area (Å²) in [5.41, 5.74) is 2.21. The van der Waals surface area contributed by atoms with Crippen molar-refractivity contribution >= 4 is 38.7 Å². The normalized spacial score (nSPS) is 11.2. The van der Waals surface area contributed by atoms with Gasteiger partial charge in [-0.15, -0.1) is 0 Å². The number of hydrogen-bond donors (Lipinski definition) is 1. The lowest BCUT2D eigenvalue weighted by Crippen LogP contribution is -1.99. The summed E-state index contributed by atoms with van der Waals surface area (Å²) in [6.07, 6.45) is 1.72. The van der Waals surface area contributed by atoms with E-state index in [1.54, 1.807) is 31.5 Å². The van der Waals surface area contributed by atoms with Crippen LogP contribution < -0.4 is 4.74 Å². The molecular formula is C18H12N2O3. The third-order valence-corrected chi connectivity index (χ3v) is 3.91. The second-order valence-corrected chi connectivity index (χ2v) is 5.25. The molecule has 0 bridgehead atoms. The summed E-state index contributed by atoms with van der Waals surface area (Å²) in [6, 6.07) is 12.6. The number of ether oxygens (including phenoxy) is 1. The van der Waals surface area contributed by atoms with Gasteiger partial charge < -0.3 is 9.84 Å². The van der Waals surface area contributed by atoms with Crippen LogP contribution >= 0.6 is 0 Å². The Kier molecular flexibility index (Phi) is 2.87. The molecule has 112 valence electrons. The standard InChI is InChI=1S/C18H12N2O3/c1-23-12-6-5-10-7-11-9-19-14-4-2-3-13(18(21)22)16(14)17(11)20-15(10)8-12/h2-9H,1H3,(H,21,22). The highest BCUT2D eigenvalue weighted by Crippen LogP contribution is 2.29. The molecule has 2 aromatic carbocycles. The molecule has 2 heterocycles. The van der Waals surface area contributed by atoms with Crippen molar-refractivity contribution in [2.45, 2.75) is 0 Å². The van der Waals surface area contributed by atoms with Gasteiger partial charge in [0, 0.05) is 28.4 Å². The van der Waals surface area contributed by atoms with E-state index in [1.807, 2.05) is 24.3 Å². The zero-order valence-electron chi connectivity index (χ0n) is 12.3. The van der Waals surface area contributed by atoms with Crippen molar-refractivity contribution in [3.63, 3.8) is 0 Å². The molecule has 0 saturated heterocycles. The average Bonchev–Trinajstić information content (AvgIpc) is 2.58. The van der Waals surface area contributed by atoms with Gasteiger partial charge in [0.15, 0.2) is 0 Å². The highest BCUT2D eigenvalue weighted by Gasteiger charge is 2.14. The van der Waals surface area contributed by atoms with Gasteiger partial charge in [-0.2, -0.15) is 0 Å². The number of fused-ring (bicyclic) bond motifs is 4. The maximum Gasteiger partial charge on any atom is 0.336 e. The average molecular weight is 304 g/mol. The van der Waals surface area contributed by atoms with Crippen LogP contribution in [-0.4, -0.2) is 28.2 Å². The molecular weight excluding hydrogens is 292 g/mol. The first kappa shape index (κ1) is 13.5. The van der Waals surface area contributed by atoms with E-state index in [4.69, 9.17) is 4.74 Å². The summed E-state index contributed by atoms with van der Waals surface area (Å²) in [6.45, 7) is 0. The van der Waals surface area contributed by atoms with Gasteiger partial charge in [0.05, 0.1) is 29.2 Å². The minimum absolute atomic E-state index is 0.204. The first-order valence-corrected chi connectivity index (χ1v) is 7.07. The Labute approximate surface area is 131 Å². The van der Waals surface area contributed by atoms with Crippen LogP contribution in [0.1, 0.15) is 10.4 Å². The van der Waals surface area contributed by atoms with Gasteiger partial charge in [0.25, 0.3) is 0 Å². The number of nitrogens with zero attached hydrogens (tertiary/aromatic N) is 2. The number of rotatable bonds is 2. The largest absolute Gasteiger partial charge is 0.497 e. The maximum atomic E-state index is 11.5. The highest BCUT2D eigenvalue weighted by atomic mass is 16.5. The molecule has 0 atom stereocenters. The second-order valence-electron chi connectivity index (χ2n) is 5.25. The van der Waals surface area contributed by atoms with Crippen molar-refractivity contribution in [2.75, 3.05) is 7.11 Å². The monoisotopic (exact) mass is 304 g/mol. The third-order valence-electron chi connectivity index (χ3n) is 3.91. The van der Waals surface area contributed by atoms with Gasteiger partial charge in [-0.3, -0.25) is 4.98 Å². The van der Waals surface area contributed by atoms with E-state index in [0.29, 0.717) is 22.2 Å². The molecule has 0 saturated carbocycles. The molecule has 0 unspecified atom stereocenters. The van der Waals surface area contributed by atoms with Crippen molar-refractivity contribution < 1.29 is 14.6 Å². The van der Waals surface area contributed by atoms with E-state index in [2.05, 4.69) is 9.97 Å². The number of carbonyl (C=O) groups is 1. The minimum atomic E-state index is -0.988. The summed E-state index contributed by atoms with van der Waals surface area (Å²) in [7, 11) is 1.60. The molecule has 1 N–H and O–H groups in total. The van der Waals surface area contributed by atoms with E-state index in [-0.39, 0.29) is 5.56 Å². The quantitative estimate of drug-likeness (QED) is 0.452. The number of carboxylic acid groups (broad SMARTS) is 1. The first-order valence-electron chi connectivity index (χ1n) is 7.07. The molecule has 5 nitrogen and oxygen atoms in total. The van der Waals surface area contributed by atoms with Gasteiger partial charge in [-0.1, -0.05) is 6.07 Å². The van der Waals surface area contributed by atoms with Crippen LogP contribution in [0.25, 0.3) is 32.7 Å². The number of methoxy groups -OCH3 is 1. The Morgan fingerprint density at radius 2 is 1.96 bits per heavy atom. The van der Waals surface area contributed by atoms with Gasteiger partial charge >= 0.3 is 5.97 Å². The molecule has 2 aromatic heterocycles. The van der Waals surface area contributed by atoms with Crippen LogP contribution in [0.5, 0.6) is 5.75 Å². The number of benzene rings is 2. The van der Waals surface area contributed by atoms with Crippen molar-refractivity contribution in [1.29, 1.82) is 0 Å². The molecule has 0 aliphatic rings. The van der Waals surface area contributed by atoms with Crippen LogP contribution in [0, 0.1) is 0 Å². The molecule has 0 amide bonds. The number of aromatic nitrogens is 2. The highest BCUT2D eigenvalue weighted by molar-refractivity contribution is 6.14. The van der Waals surface area contributed by atoms with Crippen LogP contribution in [-0.2, 0) is 0 Å². The predicted molar refractivity (Wildman–Crippen MR) is 88.1 cm³/mol. The zero-order chi connectivity index (χ0) is 16.0. The van der Waals surface area contributed by atoms with Gasteiger partial charge in [-0.05, 0) is 30.3 Å². The lowest BCUT2D eigenvalue weighted by atomic mass is 10.0. The fourth-order valence-electron chi connectivity index (χ4n) is 2.80. The van der Waals surface area contributed by atoms with Gasteiger partial charge in [0.1, 0.15) is 5.75 Å². The number of hydrogen-bond acceptors (Lipinski definition) is 4. The SMILES string of the molecule is COc1ccc2cc3cnc4cccc(C(=O)O)c4c3nc2c1. The Morgan fingerprint density at radius 1 is 1.09 bits per heavy atom. The summed E-state index contributed by atoms with van der Waals surface area (Å²) in [5, 5.41) is 11.8. The Morgan fingerprint density at radius 3 is 2.74 bits per heavy atom. The zero-order valence-corrected chi connectivity index (χ0v) is 12.3. The molecule has 0 aliphatic carbocycles. The molecule has 5 heteroatoms. The smallest absolute Gasteiger partial charge is 0.336 e. The maximum absolute atomic E-state index is 11.5. The minimum Gasteiger partial charge on any atom is -0.497 e. The number of aromatic carboxylic acids is 1. The van der Waals surface area contributed by atoms with E-state index in [9.17, 15) is 9.90 Å². The van der Waals surface area contributed by atoms with E-state index in [0.717, 1.165) is 16.3 Å². The summed E-state index contributed by atoms with van der Waals surface area (Å²) in [4.78, 5) is 20.6. The summed E-state index contributed by atoms with van der Waals surface area (Å²) < 4.78 is 5.24.